The summed E-state index contributed by atoms with van der Waals surface area (Å²) in [6, 6.07) is 24.8. The van der Waals surface area contributed by atoms with Gasteiger partial charge >= 0.3 is 0 Å². The molecule has 1 atom stereocenters. The van der Waals surface area contributed by atoms with Crippen molar-refractivity contribution in [3.8, 4) is 11.5 Å². The smallest absolute Gasteiger partial charge is 0.259 e. The lowest BCUT2D eigenvalue weighted by atomic mass is 9.80. The highest BCUT2D eigenvalue weighted by Crippen LogP contribution is 2.45. The first-order chi connectivity index (χ1) is 24.5. The molecule has 3 aromatic rings. The second-order valence-corrected chi connectivity index (χ2v) is 13.2. The summed E-state index contributed by atoms with van der Waals surface area (Å²) >= 11 is 0. The zero-order valence-electron chi connectivity index (χ0n) is 30.0. The van der Waals surface area contributed by atoms with Crippen LogP contribution in [0.1, 0.15) is 44.4 Å². The number of carbonyl (C=O) groups excluding carboxylic acids is 3. The molecule has 0 bridgehead atoms. The van der Waals surface area contributed by atoms with Gasteiger partial charge in [0.2, 0.25) is 24.3 Å². The Bertz CT molecular complexity index is 1510. The normalized spacial score (nSPS) is 11.9. The van der Waals surface area contributed by atoms with Gasteiger partial charge in [0.1, 0.15) is 37.0 Å². The fourth-order valence-electron chi connectivity index (χ4n) is 5.26. The zero-order chi connectivity index (χ0) is 37.2. The summed E-state index contributed by atoms with van der Waals surface area (Å²) in [4.78, 5) is 41.1. The highest BCUT2D eigenvalue weighted by atomic mass is 31.2. The molecule has 0 saturated heterocycles. The van der Waals surface area contributed by atoms with E-state index in [-0.39, 0.29) is 51.7 Å². The lowest BCUT2D eigenvalue weighted by molar-refractivity contribution is -0.129. The summed E-state index contributed by atoms with van der Waals surface area (Å²) in [5.74, 6) is -0.213. The maximum atomic E-state index is 12.8. The van der Waals surface area contributed by atoms with Gasteiger partial charge < -0.3 is 44.1 Å². The largest absolute Gasteiger partial charge is 0.497 e. The Morgan fingerprint density at radius 3 is 1.71 bits per heavy atom. The van der Waals surface area contributed by atoms with E-state index in [1.807, 2.05) is 111 Å². The van der Waals surface area contributed by atoms with Gasteiger partial charge in [0.25, 0.3) is 8.53 Å². The van der Waals surface area contributed by atoms with Gasteiger partial charge in [-0.15, -0.1) is 0 Å². The molecular weight excluding hydrogens is 673 g/mol. The van der Waals surface area contributed by atoms with Crippen molar-refractivity contribution < 1.29 is 37.6 Å². The Morgan fingerprint density at radius 2 is 1.22 bits per heavy atom. The summed E-state index contributed by atoms with van der Waals surface area (Å²) in [5, 5.41) is 7.73. The molecule has 0 aromatic heterocycles. The summed E-state index contributed by atoms with van der Waals surface area (Å²) in [6.07, 6.45) is 0. The van der Waals surface area contributed by atoms with Crippen molar-refractivity contribution >= 4 is 26.2 Å². The maximum absolute atomic E-state index is 12.8. The molecule has 0 aliphatic rings. The van der Waals surface area contributed by atoms with Gasteiger partial charge in [-0.05, 0) is 68.7 Å². The number of hydrogen-bond donors (Lipinski definition) is 3. The van der Waals surface area contributed by atoms with Crippen LogP contribution in [0.5, 0.6) is 11.5 Å². The topological polar surface area (TPSA) is 141 Å². The Balaban J connectivity index is 1.60. The van der Waals surface area contributed by atoms with Crippen LogP contribution in [-0.4, -0.2) is 88.3 Å². The van der Waals surface area contributed by atoms with Crippen molar-refractivity contribution in [2.24, 2.45) is 0 Å². The first-order valence-corrected chi connectivity index (χ1v) is 17.6. The molecule has 13 nitrogen and oxygen atoms in total. The van der Waals surface area contributed by atoms with Crippen LogP contribution in [0.15, 0.2) is 78.9 Å². The number of methoxy groups -OCH3 is 2. The first-order valence-electron chi connectivity index (χ1n) is 16.5. The summed E-state index contributed by atoms with van der Waals surface area (Å²) in [6.45, 7) is 14.1. The minimum atomic E-state index is -1.60. The van der Waals surface area contributed by atoms with Crippen molar-refractivity contribution in [1.29, 1.82) is 0 Å². The van der Waals surface area contributed by atoms with E-state index in [1.54, 1.807) is 14.2 Å². The monoisotopic (exact) mass is 721 g/mol. The highest BCUT2D eigenvalue weighted by Gasteiger charge is 2.38. The third-order valence-corrected chi connectivity index (χ3v) is 9.64. The molecule has 0 aliphatic heterocycles. The van der Waals surface area contributed by atoms with Gasteiger partial charge in [-0.1, -0.05) is 54.6 Å². The quantitative estimate of drug-likeness (QED) is 0.0473. The zero-order valence-corrected chi connectivity index (χ0v) is 30.9. The van der Waals surface area contributed by atoms with E-state index in [9.17, 15) is 14.4 Å². The number of benzene rings is 3. The molecule has 0 saturated carbocycles. The van der Waals surface area contributed by atoms with Crippen molar-refractivity contribution in [3.05, 3.63) is 107 Å². The van der Waals surface area contributed by atoms with Crippen molar-refractivity contribution in [3.63, 3.8) is 0 Å². The van der Waals surface area contributed by atoms with Gasteiger partial charge in [0, 0.05) is 12.1 Å². The molecule has 0 aliphatic carbocycles. The van der Waals surface area contributed by atoms with E-state index >= 15 is 0 Å². The van der Waals surface area contributed by atoms with E-state index in [1.165, 1.54) is 0 Å². The second-order valence-electron chi connectivity index (χ2n) is 11.7. The van der Waals surface area contributed by atoms with Crippen LogP contribution in [0.2, 0.25) is 0 Å². The molecule has 0 radical (unpaired) electrons. The summed E-state index contributed by atoms with van der Waals surface area (Å²) in [7, 11) is 1.59. The maximum Gasteiger partial charge on any atom is 0.259 e. The van der Waals surface area contributed by atoms with Crippen molar-refractivity contribution in [2.45, 2.75) is 45.4 Å². The van der Waals surface area contributed by atoms with Crippen LogP contribution in [0.3, 0.4) is 0 Å². The molecule has 274 valence electrons. The summed E-state index contributed by atoms with van der Waals surface area (Å²) < 4.78 is 30.9. The third-order valence-electron chi connectivity index (χ3n) is 7.58. The third kappa shape index (κ3) is 12.0. The fourth-order valence-corrected chi connectivity index (χ4v) is 6.82. The number of rotatable bonds is 21. The standard InChI is InChI=1S/C37H48N5O8P/c1-27(2)42(28(3)4)51(49-22-21-38-5)50-25-36(45)40-23-34(43)39-24-35(44)41-26-48-37(29-11-9-8-10-12-29,30-13-17-32(46-6)18-14-30)31-15-19-33(47-7)20-16-31/h8-20,27-28H,21-26H2,1-4,6-7H3,(H,39,43)(H,40,45)(H,41,44). The number of amides is 3. The Hall–Kier alpha value is -4.57. The molecule has 1 unspecified atom stereocenters. The molecule has 3 aromatic carbocycles. The number of hydrogen-bond acceptors (Lipinski definition) is 9. The average Bonchev–Trinajstić information content (AvgIpc) is 3.14. The Kier molecular flexibility index (Phi) is 16.8. The van der Waals surface area contributed by atoms with Crippen LogP contribution in [0.25, 0.3) is 4.85 Å². The number of carbonyl (C=O) groups is 3. The SMILES string of the molecule is [C-]#[N+]CCOP(OCC(=O)NCC(=O)NCC(=O)NCOC(c1ccccc1)(c1ccc(OC)cc1)c1ccc(OC)cc1)N(C(C)C)C(C)C. The van der Waals surface area contributed by atoms with Gasteiger partial charge in [-0.3, -0.25) is 14.4 Å². The minimum Gasteiger partial charge on any atom is -0.497 e. The molecule has 51 heavy (non-hydrogen) atoms. The van der Waals surface area contributed by atoms with Gasteiger partial charge in [-0.2, -0.15) is 0 Å². The Labute approximate surface area is 301 Å². The predicted molar refractivity (Wildman–Crippen MR) is 195 cm³/mol. The number of ether oxygens (including phenoxy) is 3. The molecule has 0 spiro atoms. The number of nitrogens with zero attached hydrogens (tertiary/aromatic N) is 2. The van der Waals surface area contributed by atoms with Crippen LogP contribution in [0.4, 0.5) is 0 Å². The van der Waals surface area contributed by atoms with E-state index < -0.39 is 31.8 Å². The van der Waals surface area contributed by atoms with E-state index in [0.717, 1.165) is 16.7 Å². The lowest BCUT2D eigenvalue weighted by Crippen LogP contribution is -2.44. The molecule has 0 fully saturated rings. The fraction of sp³-hybridized carbons (Fsp3) is 0.405. The molecule has 3 rings (SSSR count). The van der Waals surface area contributed by atoms with E-state index in [0.29, 0.717) is 11.5 Å². The summed E-state index contributed by atoms with van der Waals surface area (Å²) in [5.41, 5.74) is 1.29. The van der Waals surface area contributed by atoms with Crippen molar-refractivity contribution in [1.82, 2.24) is 20.6 Å². The molecule has 14 heteroatoms. The van der Waals surface area contributed by atoms with E-state index in [4.69, 9.17) is 29.8 Å². The highest BCUT2D eigenvalue weighted by molar-refractivity contribution is 7.44. The molecular formula is C37H48N5O8P. The minimum absolute atomic E-state index is 0.0779. The predicted octanol–water partition coefficient (Wildman–Crippen LogP) is 4.62. The average molecular weight is 722 g/mol. The van der Waals surface area contributed by atoms with Gasteiger partial charge in [0.05, 0.1) is 27.3 Å². The Morgan fingerprint density at radius 1 is 0.725 bits per heavy atom. The second kappa shape index (κ2) is 20.9. The van der Waals surface area contributed by atoms with Crippen LogP contribution < -0.4 is 25.4 Å². The molecule has 3 N–H and O–H groups in total. The van der Waals surface area contributed by atoms with Crippen LogP contribution in [-0.2, 0) is 33.8 Å². The molecule has 0 heterocycles. The molecule has 3 amide bonds. The van der Waals surface area contributed by atoms with Crippen molar-refractivity contribution in [2.75, 3.05) is 53.8 Å². The van der Waals surface area contributed by atoms with Crippen LogP contribution >= 0.6 is 8.53 Å². The van der Waals surface area contributed by atoms with Gasteiger partial charge in [-0.25, -0.2) is 11.2 Å². The van der Waals surface area contributed by atoms with Gasteiger partial charge in [0.15, 0.2) is 0 Å². The first kappa shape index (κ1) is 40.9. The van der Waals surface area contributed by atoms with Crippen LogP contribution in [0, 0.1) is 6.57 Å². The lowest BCUT2D eigenvalue weighted by Gasteiger charge is -2.36. The number of nitrogens with one attached hydrogen (secondary N) is 3. The van der Waals surface area contributed by atoms with E-state index in [2.05, 4.69) is 20.8 Å².